The minimum Gasteiger partial charge on any atom is -0.393 e. The second kappa shape index (κ2) is 6.36. The van der Waals surface area contributed by atoms with Crippen LogP contribution >= 0.6 is 0 Å². The number of amides is 1. The van der Waals surface area contributed by atoms with Gasteiger partial charge >= 0.3 is 0 Å². The van der Waals surface area contributed by atoms with E-state index in [0.717, 1.165) is 38.8 Å². The molecule has 0 aromatic rings. The standard InChI is InChI=1S/C13H24N2O2/c16-12-5-3-11(4-6-12)13(17)14-7-10-15-8-1-2-9-15/h11-12,16H,1-10H2,(H,14,17). The lowest BCUT2D eigenvalue weighted by molar-refractivity contribution is -0.126. The second-order valence-electron chi connectivity index (χ2n) is 5.35. The summed E-state index contributed by atoms with van der Waals surface area (Å²) in [4.78, 5) is 14.3. The summed E-state index contributed by atoms with van der Waals surface area (Å²) in [6.45, 7) is 4.13. The van der Waals surface area contributed by atoms with Crippen molar-refractivity contribution in [1.82, 2.24) is 10.2 Å². The van der Waals surface area contributed by atoms with Gasteiger partial charge in [-0.3, -0.25) is 4.79 Å². The first kappa shape index (κ1) is 12.8. The Morgan fingerprint density at radius 1 is 1.18 bits per heavy atom. The molecule has 0 unspecified atom stereocenters. The molecule has 1 aliphatic heterocycles. The average molecular weight is 240 g/mol. The topological polar surface area (TPSA) is 52.6 Å². The largest absolute Gasteiger partial charge is 0.393 e. The highest BCUT2D eigenvalue weighted by atomic mass is 16.3. The maximum Gasteiger partial charge on any atom is 0.223 e. The lowest BCUT2D eigenvalue weighted by Crippen LogP contribution is -2.38. The number of carbonyl (C=O) groups is 1. The number of carbonyl (C=O) groups excluding carboxylic acids is 1. The number of hydrogen-bond acceptors (Lipinski definition) is 3. The first-order valence-electron chi connectivity index (χ1n) is 6.94. The Labute approximate surface area is 103 Å². The Kier molecular flexibility index (Phi) is 4.80. The maximum absolute atomic E-state index is 11.9. The molecule has 0 aromatic heterocycles. The fraction of sp³-hybridized carbons (Fsp3) is 0.923. The average Bonchev–Trinajstić information content (AvgIpc) is 2.83. The Balaban J connectivity index is 1.60. The summed E-state index contributed by atoms with van der Waals surface area (Å²) in [6.07, 6.45) is 5.67. The fourth-order valence-corrected chi connectivity index (χ4v) is 2.83. The quantitative estimate of drug-likeness (QED) is 0.762. The van der Waals surface area contributed by atoms with E-state index in [1.165, 1.54) is 25.9 Å². The minimum absolute atomic E-state index is 0.136. The van der Waals surface area contributed by atoms with Gasteiger partial charge in [0.1, 0.15) is 0 Å². The summed E-state index contributed by atoms with van der Waals surface area (Å²) in [5.74, 6) is 0.327. The van der Waals surface area contributed by atoms with Crippen LogP contribution in [-0.4, -0.2) is 48.2 Å². The molecule has 0 aromatic carbocycles. The highest BCUT2D eigenvalue weighted by molar-refractivity contribution is 5.78. The van der Waals surface area contributed by atoms with Crippen LogP contribution in [-0.2, 0) is 4.79 Å². The van der Waals surface area contributed by atoms with Crippen LogP contribution in [0.1, 0.15) is 38.5 Å². The van der Waals surface area contributed by atoms with Gasteiger partial charge in [-0.05, 0) is 51.6 Å². The molecule has 1 saturated carbocycles. The highest BCUT2D eigenvalue weighted by Gasteiger charge is 2.24. The van der Waals surface area contributed by atoms with E-state index in [-0.39, 0.29) is 17.9 Å². The van der Waals surface area contributed by atoms with Crippen LogP contribution in [0.5, 0.6) is 0 Å². The van der Waals surface area contributed by atoms with Crippen molar-refractivity contribution < 1.29 is 9.90 Å². The number of aliphatic hydroxyl groups is 1. The molecular formula is C13H24N2O2. The molecule has 1 amide bonds. The molecule has 0 atom stereocenters. The Morgan fingerprint density at radius 2 is 1.82 bits per heavy atom. The smallest absolute Gasteiger partial charge is 0.223 e. The molecule has 0 spiro atoms. The first-order valence-corrected chi connectivity index (χ1v) is 6.94. The van der Waals surface area contributed by atoms with Crippen molar-refractivity contribution in [2.45, 2.75) is 44.6 Å². The molecule has 1 heterocycles. The van der Waals surface area contributed by atoms with Crippen molar-refractivity contribution >= 4 is 5.91 Å². The van der Waals surface area contributed by atoms with Gasteiger partial charge in [-0.25, -0.2) is 0 Å². The molecule has 2 fully saturated rings. The summed E-state index contributed by atoms with van der Waals surface area (Å²) in [5.41, 5.74) is 0. The number of nitrogens with zero attached hydrogens (tertiary/aromatic N) is 1. The van der Waals surface area contributed by atoms with E-state index in [0.29, 0.717) is 0 Å². The van der Waals surface area contributed by atoms with Gasteiger partial charge in [-0.15, -0.1) is 0 Å². The van der Waals surface area contributed by atoms with Crippen LogP contribution in [0.4, 0.5) is 0 Å². The molecule has 0 bridgehead atoms. The number of aliphatic hydroxyl groups excluding tert-OH is 1. The number of nitrogens with one attached hydrogen (secondary N) is 1. The molecule has 2 N–H and O–H groups in total. The lowest BCUT2D eigenvalue weighted by Gasteiger charge is -2.25. The van der Waals surface area contributed by atoms with Crippen molar-refractivity contribution in [1.29, 1.82) is 0 Å². The number of hydrogen-bond donors (Lipinski definition) is 2. The molecule has 17 heavy (non-hydrogen) atoms. The van der Waals surface area contributed by atoms with E-state index in [1.807, 2.05) is 0 Å². The van der Waals surface area contributed by atoms with Crippen LogP contribution in [0.3, 0.4) is 0 Å². The molecular weight excluding hydrogens is 216 g/mol. The van der Waals surface area contributed by atoms with E-state index >= 15 is 0 Å². The zero-order valence-corrected chi connectivity index (χ0v) is 10.5. The zero-order valence-electron chi connectivity index (χ0n) is 10.5. The van der Waals surface area contributed by atoms with Crippen molar-refractivity contribution in [3.05, 3.63) is 0 Å². The predicted molar refractivity (Wildman–Crippen MR) is 66.6 cm³/mol. The molecule has 1 saturated heterocycles. The molecule has 98 valence electrons. The van der Waals surface area contributed by atoms with Crippen molar-refractivity contribution in [3.63, 3.8) is 0 Å². The van der Waals surface area contributed by atoms with Crippen LogP contribution in [0.25, 0.3) is 0 Å². The maximum atomic E-state index is 11.9. The molecule has 2 aliphatic rings. The summed E-state index contributed by atoms with van der Waals surface area (Å²) in [7, 11) is 0. The van der Waals surface area contributed by atoms with Gasteiger partial charge < -0.3 is 15.3 Å². The van der Waals surface area contributed by atoms with E-state index in [9.17, 15) is 9.90 Å². The Morgan fingerprint density at radius 3 is 2.47 bits per heavy atom. The van der Waals surface area contributed by atoms with Gasteiger partial charge in [0.25, 0.3) is 0 Å². The summed E-state index contributed by atoms with van der Waals surface area (Å²) < 4.78 is 0. The van der Waals surface area contributed by atoms with Crippen LogP contribution in [0.2, 0.25) is 0 Å². The summed E-state index contributed by atoms with van der Waals surface area (Å²) >= 11 is 0. The molecule has 0 radical (unpaired) electrons. The molecule has 4 nitrogen and oxygen atoms in total. The Bertz CT molecular complexity index is 244. The van der Waals surface area contributed by atoms with E-state index in [1.54, 1.807) is 0 Å². The zero-order chi connectivity index (χ0) is 12.1. The second-order valence-corrected chi connectivity index (χ2v) is 5.35. The van der Waals surface area contributed by atoms with Gasteiger partial charge in [0.05, 0.1) is 6.10 Å². The van der Waals surface area contributed by atoms with Crippen LogP contribution in [0.15, 0.2) is 0 Å². The summed E-state index contributed by atoms with van der Waals surface area (Å²) in [5, 5.41) is 12.4. The Hall–Kier alpha value is -0.610. The van der Waals surface area contributed by atoms with Gasteiger partial charge in [0.15, 0.2) is 0 Å². The van der Waals surface area contributed by atoms with Crippen molar-refractivity contribution in [2.24, 2.45) is 5.92 Å². The molecule has 4 heteroatoms. The van der Waals surface area contributed by atoms with Gasteiger partial charge in [-0.1, -0.05) is 0 Å². The predicted octanol–water partition coefficient (Wildman–Crippen LogP) is 0.749. The van der Waals surface area contributed by atoms with E-state index in [2.05, 4.69) is 10.2 Å². The van der Waals surface area contributed by atoms with Gasteiger partial charge in [0, 0.05) is 19.0 Å². The van der Waals surface area contributed by atoms with Crippen molar-refractivity contribution in [2.75, 3.05) is 26.2 Å². The lowest BCUT2D eigenvalue weighted by atomic mass is 9.87. The third-order valence-corrected chi connectivity index (χ3v) is 3.99. The first-order chi connectivity index (χ1) is 8.25. The van der Waals surface area contributed by atoms with Gasteiger partial charge in [0.2, 0.25) is 5.91 Å². The van der Waals surface area contributed by atoms with E-state index < -0.39 is 0 Å². The number of likely N-dealkylation sites (tertiary alicyclic amines) is 1. The number of rotatable bonds is 4. The highest BCUT2D eigenvalue weighted by Crippen LogP contribution is 2.24. The SMILES string of the molecule is O=C(NCCN1CCCC1)C1CCC(O)CC1. The van der Waals surface area contributed by atoms with Crippen LogP contribution < -0.4 is 5.32 Å². The molecule has 1 aliphatic carbocycles. The monoisotopic (exact) mass is 240 g/mol. The van der Waals surface area contributed by atoms with E-state index in [4.69, 9.17) is 0 Å². The third-order valence-electron chi connectivity index (χ3n) is 3.99. The summed E-state index contributed by atoms with van der Waals surface area (Å²) in [6, 6.07) is 0. The third kappa shape index (κ3) is 3.96. The fourth-order valence-electron chi connectivity index (χ4n) is 2.83. The molecule has 2 rings (SSSR count). The van der Waals surface area contributed by atoms with Gasteiger partial charge in [-0.2, -0.15) is 0 Å². The van der Waals surface area contributed by atoms with Crippen molar-refractivity contribution in [3.8, 4) is 0 Å². The minimum atomic E-state index is -0.177. The normalized spacial score (nSPS) is 30.4. The van der Waals surface area contributed by atoms with Crippen LogP contribution in [0, 0.1) is 5.92 Å².